The van der Waals surface area contributed by atoms with Crippen LogP contribution in [0.15, 0.2) is 0 Å². The third-order valence-corrected chi connectivity index (χ3v) is 0. The molecular weight excluding hydrogens is 325 g/mol. The molecule has 11 heteroatoms. The van der Waals surface area contributed by atoms with E-state index in [1.54, 1.807) is 0 Å². The molecule has 0 aliphatic heterocycles. The number of carbonyl (C=O) groups excluding carboxylic acids is 4. The van der Waals surface area contributed by atoms with Crippen molar-refractivity contribution in [1.29, 1.82) is 0 Å². The van der Waals surface area contributed by atoms with Crippen LogP contribution >= 0.6 is 0 Å². The van der Waals surface area contributed by atoms with Crippen LogP contribution in [-0.4, -0.2) is 23.9 Å². The fourth-order valence-corrected chi connectivity index (χ4v) is 0. The van der Waals surface area contributed by atoms with Crippen molar-refractivity contribution < 1.29 is 116 Å². The number of hydrogen-bond donors (Lipinski definition) is 0. The van der Waals surface area contributed by atoms with Gasteiger partial charge in [0, 0.05) is 23.9 Å². The minimum atomic E-state index is -1.08. The summed E-state index contributed by atoms with van der Waals surface area (Å²) in [6.45, 7) is 3.89. The molecule has 0 N–H and O–H groups in total. The molecule has 0 aliphatic rings. The third kappa shape index (κ3) is 31000. The molecule has 0 atom stereocenters. The molecule has 0 unspecified atom stereocenters. The SMILES string of the molecule is CC(=O)[O-].CC(=O)[O-].CC(=O)[O-].CC(=O)[O-].[Mn+2].[Na+].[Na+]. The predicted molar refractivity (Wildman–Crippen MR) is 42.7 cm³/mol. The molecule has 0 heterocycles. The molecule has 0 saturated carbocycles. The number of carboxylic acid groups (broad SMARTS) is 4. The van der Waals surface area contributed by atoms with Crippen LogP contribution in [0.4, 0.5) is 0 Å². The molecule has 0 aromatic carbocycles. The van der Waals surface area contributed by atoms with Gasteiger partial charge >= 0.3 is 76.2 Å². The van der Waals surface area contributed by atoms with Gasteiger partial charge in [-0.05, 0) is 27.7 Å². The van der Waals surface area contributed by atoms with Crippen LogP contribution < -0.4 is 79.5 Å². The van der Waals surface area contributed by atoms with E-state index >= 15 is 0 Å². The van der Waals surface area contributed by atoms with Crippen LogP contribution in [0.5, 0.6) is 0 Å². The van der Waals surface area contributed by atoms with Crippen LogP contribution in [-0.2, 0) is 36.2 Å². The summed E-state index contributed by atoms with van der Waals surface area (Å²) in [6, 6.07) is 0. The summed E-state index contributed by atoms with van der Waals surface area (Å²) in [7, 11) is 0. The number of carbonyl (C=O) groups is 4. The standard InChI is InChI=1S/4C2H4O2.Mn.2Na/c4*1-2(3)4;;;/h4*1H3,(H,3,4);;;/q;;;;+2;2*+1/p-4. The summed E-state index contributed by atoms with van der Waals surface area (Å²) >= 11 is 0. The van der Waals surface area contributed by atoms with Crippen molar-refractivity contribution in [2.75, 3.05) is 0 Å². The summed E-state index contributed by atoms with van der Waals surface area (Å²) in [5, 5.41) is 35.6. The first kappa shape index (κ1) is 42.7. The van der Waals surface area contributed by atoms with E-state index in [-0.39, 0.29) is 76.2 Å². The summed E-state index contributed by atoms with van der Waals surface area (Å²) in [4.78, 5) is 35.6. The Bertz CT molecular complexity index is 171. The molecule has 0 saturated heterocycles. The van der Waals surface area contributed by atoms with Crippen LogP contribution in [0.2, 0.25) is 0 Å². The van der Waals surface area contributed by atoms with Gasteiger partial charge in [-0.25, -0.2) is 0 Å². The van der Waals surface area contributed by atoms with Gasteiger partial charge < -0.3 is 39.6 Å². The molecule has 0 amide bonds. The maximum atomic E-state index is 8.89. The van der Waals surface area contributed by atoms with Crippen molar-refractivity contribution in [3.05, 3.63) is 0 Å². The molecule has 0 bridgehead atoms. The second kappa shape index (κ2) is 36.2. The summed E-state index contributed by atoms with van der Waals surface area (Å²) in [5.41, 5.74) is 0. The second-order valence-electron chi connectivity index (χ2n) is 1.97. The molecule has 1 radical (unpaired) electrons. The van der Waals surface area contributed by atoms with Gasteiger partial charge in [-0.1, -0.05) is 0 Å². The summed E-state index contributed by atoms with van der Waals surface area (Å²) in [6.07, 6.45) is 0. The van der Waals surface area contributed by atoms with Gasteiger partial charge in [0.1, 0.15) is 0 Å². The van der Waals surface area contributed by atoms with Gasteiger partial charge in [0.15, 0.2) is 0 Å². The van der Waals surface area contributed by atoms with Crippen molar-refractivity contribution in [1.82, 2.24) is 0 Å². The van der Waals surface area contributed by atoms with Gasteiger partial charge in [-0.3, -0.25) is 0 Å². The Hall–Kier alpha value is 0.399. The molecule has 0 aliphatic carbocycles. The minimum absolute atomic E-state index is 0. The van der Waals surface area contributed by atoms with Gasteiger partial charge in [-0.2, -0.15) is 0 Å². The molecule has 0 fully saturated rings. The van der Waals surface area contributed by atoms with E-state index in [0.29, 0.717) is 0 Å². The summed E-state index contributed by atoms with van der Waals surface area (Å²) in [5.74, 6) is -4.33. The normalized spacial score (nSPS) is 5.26. The Labute approximate surface area is 166 Å². The fourth-order valence-electron chi connectivity index (χ4n) is 0. The van der Waals surface area contributed by atoms with Gasteiger partial charge in [0.05, 0.1) is 0 Å². The van der Waals surface area contributed by atoms with Crippen molar-refractivity contribution >= 4 is 23.9 Å². The Balaban J connectivity index is -0.0000000192. The monoisotopic (exact) mass is 337 g/mol. The van der Waals surface area contributed by atoms with E-state index in [4.69, 9.17) is 39.6 Å². The zero-order valence-electron chi connectivity index (χ0n) is 11.6. The van der Waals surface area contributed by atoms with Crippen LogP contribution in [0.3, 0.4) is 0 Å². The number of hydrogen-bond acceptors (Lipinski definition) is 8. The smallest absolute Gasteiger partial charge is 0.550 e. The largest absolute Gasteiger partial charge is 2.00 e. The van der Waals surface area contributed by atoms with E-state index in [0.717, 1.165) is 27.7 Å². The number of aliphatic carboxylic acids is 4. The first-order chi connectivity index (χ1) is 6.93. The van der Waals surface area contributed by atoms with Crippen molar-refractivity contribution in [3.63, 3.8) is 0 Å². The Morgan fingerprint density at radius 1 is 0.526 bits per heavy atom. The molecule has 8 nitrogen and oxygen atoms in total. The van der Waals surface area contributed by atoms with Gasteiger partial charge in [0.25, 0.3) is 0 Å². The molecule has 0 spiro atoms. The molecule has 0 rings (SSSR count). The third-order valence-electron chi connectivity index (χ3n) is 0. The Morgan fingerprint density at radius 2 is 0.526 bits per heavy atom. The van der Waals surface area contributed by atoms with Crippen LogP contribution in [0.1, 0.15) is 27.7 Å². The van der Waals surface area contributed by atoms with Crippen molar-refractivity contribution in [2.45, 2.75) is 27.7 Å². The quantitative estimate of drug-likeness (QED) is 0.394. The topological polar surface area (TPSA) is 161 Å². The van der Waals surface area contributed by atoms with Crippen molar-refractivity contribution in [2.24, 2.45) is 0 Å². The molecular formula is C8H12MnNa2O8. The minimum Gasteiger partial charge on any atom is -0.550 e. The van der Waals surface area contributed by atoms with Crippen molar-refractivity contribution in [3.8, 4) is 0 Å². The first-order valence-electron chi connectivity index (χ1n) is 3.63. The van der Waals surface area contributed by atoms with E-state index in [2.05, 4.69) is 0 Å². The first-order valence-corrected chi connectivity index (χ1v) is 3.63. The van der Waals surface area contributed by atoms with Crippen LogP contribution in [0.25, 0.3) is 0 Å². The maximum Gasteiger partial charge on any atom is 2.00 e. The van der Waals surface area contributed by atoms with E-state index in [9.17, 15) is 0 Å². The average molecular weight is 337 g/mol. The van der Waals surface area contributed by atoms with E-state index in [1.807, 2.05) is 0 Å². The number of carboxylic acids is 4. The second-order valence-corrected chi connectivity index (χ2v) is 1.97. The molecule has 0 aromatic heterocycles. The Morgan fingerprint density at radius 3 is 0.526 bits per heavy atom. The van der Waals surface area contributed by atoms with E-state index in [1.165, 1.54) is 0 Å². The van der Waals surface area contributed by atoms with E-state index < -0.39 is 23.9 Å². The molecule has 19 heavy (non-hydrogen) atoms. The summed E-state index contributed by atoms with van der Waals surface area (Å²) < 4.78 is 0. The number of rotatable bonds is 0. The maximum absolute atomic E-state index is 8.89. The zero-order chi connectivity index (χ0) is 14.3. The Kier molecular flexibility index (Phi) is 81.5. The van der Waals surface area contributed by atoms with Crippen LogP contribution in [0, 0.1) is 0 Å². The van der Waals surface area contributed by atoms with Gasteiger partial charge in [0.2, 0.25) is 0 Å². The molecule has 0 aromatic rings. The molecule has 101 valence electrons. The average Bonchev–Trinajstić information content (AvgIpc) is 1.76. The van der Waals surface area contributed by atoms with Gasteiger partial charge in [-0.15, -0.1) is 0 Å². The fraction of sp³-hybridized carbons (Fsp3) is 0.500. The zero-order valence-corrected chi connectivity index (χ0v) is 16.8. The predicted octanol–water partition coefficient (Wildman–Crippen LogP) is -11.0.